The van der Waals surface area contributed by atoms with E-state index in [1.165, 1.54) is 6.08 Å². The van der Waals surface area contributed by atoms with Gasteiger partial charge in [0.05, 0.1) is 5.75 Å². The largest absolute Gasteiger partial charge is 0.329 e. The summed E-state index contributed by atoms with van der Waals surface area (Å²) >= 11 is 0. The lowest BCUT2D eigenvalue weighted by Crippen LogP contribution is -2.22. The van der Waals surface area contributed by atoms with Crippen molar-refractivity contribution in [3.05, 3.63) is 12.3 Å². The highest BCUT2D eigenvalue weighted by Gasteiger charge is 2.06. The van der Waals surface area contributed by atoms with Gasteiger partial charge in [0.15, 0.2) is 0 Å². The molecule has 0 spiro atoms. The van der Waals surface area contributed by atoms with Gasteiger partial charge in [-0.3, -0.25) is 9.35 Å². The normalized spacial score (nSPS) is 14.3. The Bertz CT molecular complexity index is 292. The first-order valence-corrected chi connectivity index (χ1v) is 5.34. The molecular formula is C7H13NO4S. The van der Waals surface area contributed by atoms with Gasteiger partial charge in [0.1, 0.15) is 0 Å². The average molecular weight is 207 g/mol. The topological polar surface area (TPSA) is 83.5 Å². The minimum Gasteiger partial charge on any atom is -0.329 e. The summed E-state index contributed by atoms with van der Waals surface area (Å²) in [4.78, 5) is 9.70. The van der Waals surface area contributed by atoms with Crippen molar-refractivity contribution in [3.8, 4) is 0 Å². The van der Waals surface area contributed by atoms with Crippen LogP contribution in [0.25, 0.3) is 0 Å². The number of hydrogen-bond acceptors (Lipinski definition) is 3. The fourth-order valence-corrected chi connectivity index (χ4v) is 1.42. The maximum absolute atomic E-state index is 10.00. The van der Waals surface area contributed by atoms with Crippen molar-refractivity contribution in [2.75, 3.05) is 5.75 Å². The average Bonchev–Trinajstić information content (AvgIpc) is 1.78. The second-order valence-corrected chi connectivity index (χ2v) is 4.48. The van der Waals surface area contributed by atoms with E-state index in [1.54, 1.807) is 20.0 Å². The molecule has 0 saturated heterocycles. The van der Waals surface area contributed by atoms with E-state index in [-0.39, 0.29) is 17.6 Å². The van der Waals surface area contributed by atoms with Gasteiger partial charge in [-0.05, 0) is 5.92 Å². The lowest BCUT2D eigenvalue weighted by molar-refractivity contribution is -0.117. The van der Waals surface area contributed by atoms with Gasteiger partial charge < -0.3 is 5.32 Å². The van der Waals surface area contributed by atoms with Crippen molar-refractivity contribution in [2.24, 2.45) is 5.92 Å². The molecule has 5 nitrogen and oxygen atoms in total. The van der Waals surface area contributed by atoms with Gasteiger partial charge in [0.2, 0.25) is 5.91 Å². The minimum atomic E-state index is -3.72. The summed E-state index contributed by atoms with van der Waals surface area (Å²) < 4.78 is 28.2. The molecule has 0 aromatic carbocycles. The van der Waals surface area contributed by atoms with Crippen molar-refractivity contribution in [1.29, 1.82) is 0 Å². The predicted octanol–water partition coefficient (Wildman–Crippen LogP) is 0.160. The van der Waals surface area contributed by atoms with Crippen LogP contribution in [0.5, 0.6) is 0 Å². The summed E-state index contributed by atoms with van der Waals surface area (Å²) in [6.45, 7) is 3.46. The molecule has 2 N–H and O–H groups in total. The van der Waals surface area contributed by atoms with E-state index in [2.05, 4.69) is 5.32 Å². The minimum absolute atomic E-state index is 0.00463. The summed E-state index contributed by atoms with van der Waals surface area (Å²) in [7, 11) is -3.72. The fourth-order valence-electron chi connectivity index (χ4n) is 0.573. The first-order chi connectivity index (χ1) is 5.81. The highest BCUT2D eigenvalue weighted by Crippen LogP contribution is 1.95. The highest BCUT2D eigenvalue weighted by atomic mass is 32.2. The molecule has 76 valence electrons. The van der Waals surface area contributed by atoms with Crippen LogP contribution in [0.4, 0.5) is 0 Å². The third kappa shape index (κ3) is 9.03. The van der Waals surface area contributed by atoms with E-state index >= 15 is 0 Å². The van der Waals surface area contributed by atoms with Crippen molar-refractivity contribution in [1.82, 2.24) is 5.32 Å². The van der Waals surface area contributed by atoms with Crippen LogP contribution in [0.2, 0.25) is 0 Å². The number of hydrogen-bond donors (Lipinski definition) is 2. The lowest BCUT2D eigenvalue weighted by atomic mass is 10.3. The third-order valence-electron chi connectivity index (χ3n) is 1.00. The van der Waals surface area contributed by atoms with Crippen molar-refractivity contribution >= 4 is 16.0 Å². The summed E-state index contributed by atoms with van der Waals surface area (Å²) in [5, 5.41) is 2.39. The number of nitrogens with one attached hydrogen (secondary N) is 1. The first kappa shape index (κ1) is 12.1. The zero-order valence-corrected chi connectivity index (χ0v) is 8.34. The molecule has 6 heteroatoms. The molecule has 1 aliphatic rings. The Hall–Kier alpha value is -0.880. The molecule has 0 unspecified atom stereocenters. The molecule has 0 atom stereocenters. The summed E-state index contributed by atoms with van der Waals surface area (Å²) in [6.07, 6.45) is 3.07. The van der Waals surface area contributed by atoms with Crippen LogP contribution in [0.3, 0.4) is 0 Å². The molecular weight excluding hydrogens is 194 g/mol. The molecule has 0 aromatic rings. The molecule has 0 radical (unpaired) electrons. The Morgan fingerprint density at radius 2 is 1.92 bits per heavy atom. The van der Waals surface area contributed by atoms with Crippen LogP contribution in [-0.4, -0.2) is 24.6 Å². The maximum Gasteiger partial charge on any atom is 0.265 e. The molecule has 13 heavy (non-hydrogen) atoms. The Morgan fingerprint density at radius 1 is 1.54 bits per heavy atom. The van der Waals surface area contributed by atoms with Gasteiger partial charge in [-0.1, -0.05) is 13.8 Å². The zero-order valence-electron chi connectivity index (χ0n) is 7.52. The van der Waals surface area contributed by atoms with Gasteiger partial charge in [0, 0.05) is 12.3 Å². The Balaban J connectivity index is 0.000000243. The third-order valence-corrected chi connectivity index (χ3v) is 2.09. The molecule has 1 aliphatic heterocycles. The zero-order chi connectivity index (χ0) is 10.5. The molecule has 0 fully saturated rings. The van der Waals surface area contributed by atoms with Crippen LogP contribution in [0.1, 0.15) is 13.8 Å². The molecule has 1 heterocycles. The monoisotopic (exact) mass is 207 g/mol. The smallest absolute Gasteiger partial charge is 0.265 e. The van der Waals surface area contributed by atoms with Crippen LogP contribution in [-0.2, 0) is 14.9 Å². The van der Waals surface area contributed by atoms with Crippen LogP contribution >= 0.6 is 0 Å². The molecule has 0 saturated carbocycles. The van der Waals surface area contributed by atoms with Crippen molar-refractivity contribution in [2.45, 2.75) is 13.8 Å². The lowest BCUT2D eigenvalue weighted by Gasteiger charge is -1.97. The number of carbonyl (C=O) groups excluding carboxylic acids is 1. The first-order valence-electron chi connectivity index (χ1n) is 3.73. The van der Waals surface area contributed by atoms with Gasteiger partial charge >= 0.3 is 0 Å². The molecule has 0 aromatic heterocycles. The quantitative estimate of drug-likeness (QED) is 0.632. The van der Waals surface area contributed by atoms with Crippen LogP contribution in [0, 0.1) is 5.92 Å². The van der Waals surface area contributed by atoms with Crippen molar-refractivity contribution in [3.63, 3.8) is 0 Å². The summed E-state index contributed by atoms with van der Waals surface area (Å²) in [5.41, 5.74) is 0. The van der Waals surface area contributed by atoms with E-state index in [9.17, 15) is 13.2 Å². The maximum atomic E-state index is 10.00. The van der Waals surface area contributed by atoms with E-state index in [4.69, 9.17) is 4.55 Å². The molecule has 0 bridgehead atoms. The Labute approximate surface area is 77.6 Å². The molecule has 0 aliphatic carbocycles. The highest BCUT2D eigenvalue weighted by molar-refractivity contribution is 7.85. The SMILES string of the molecule is CC(C)CS(=O)(=O)O.O=C1C=CN1. The predicted molar refractivity (Wildman–Crippen MR) is 48.5 cm³/mol. The molecule has 1 rings (SSSR count). The number of amides is 1. The standard InChI is InChI=1S/C4H10O3S.C3H3NO/c1-4(2)3-8(5,6)7;5-3-1-2-4-3/h4H,3H2,1-2H3,(H,5,6,7);1-2H,(H,4,5). The number of carbonyl (C=O) groups is 1. The van der Waals surface area contributed by atoms with E-state index in [1.807, 2.05) is 0 Å². The van der Waals surface area contributed by atoms with Gasteiger partial charge in [-0.15, -0.1) is 0 Å². The van der Waals surface area contributed by atoms with Crippen LogP contribution < -0.4 is 5.32 Å². The Morgan fingerprint density at radius 3 is 1.92 bits per heavy atom. The van der Waals surface area contributed by atoms with Crippen LogP contribution in [0.15, 0.2) is 12.3 Å². The van der Waals surface area contributed by atoms with Gasteiger partial charge in [0.25, 0.3) is 10.1 Å². The van der Waals surface area contributed by atoms with E-state index in [0.29, 0.717) is 0 Å². The van der Waals surface area contributed by atoms with Gasteiger partial charge in [-0.25, -0.2) is 0 Å². The molecule has 1 amide bonds. The fraction of sp³-hybridized carbons (Fsp3) is 0.571. The Kier molecular flexibility index (Phi) is 4.64. The van der Waals surface area contributed by atoms with E-state index in [0.717, 1.165) is 0 Å². The summed E-state index contributed by atoms with van der Waals surface area (Å²) in [5.74, 6) is -0.137. The number of rotatable bonds is 2. The van der Waals surface area contributed by atoms with Gasteiger partial charge in [-0.2, -0.15) is 8.42 Å². The van der Waals surface area contributed by atoms with E-state index < -0.39 is 10.1 Å². The van der Waals surface area contributed by atoms with Crippen molar-refractivity contribution < 1.29 is 17.8 Å². The summed E-state index contributed by atoms with van der Waals surface area (Å²) in [6, 6.07) is 0. The second kappa shape index (κ2) is 4.98. The second-order valence-electron chi connectivity index (χ2n) is 2.98.